The van der Waals surface area contributed by atoms with Gasteiger partial charge in [-0.15, -0.1) is 10.2 Å². The molecule has 3 aromatic rings. The van der Waals surface area contributed by atoms with Crippen molar-refractivity contribution >= 4 is 17.2 Å². The lowest BCUT2D eigenvalue weighted by atomic mass is 9.98. The molecule has 7 nitrogen and oxygen atoms in total. The van der Waals surface area contributed by atoms with E-state index in [1.54, 1.807) is 22.3 Å². The van der Waals surface area contributed by atoms with E-state index in [1.807, 2.05) is 23.8 Å². The molecular weight excluding hydrogens is 340 g/mol. The van der Waals surface area contributed by atoms with Crippen LogP contribution in [-0.4, -0.2) is 39.3 Å². The van der Waals surface area contributed by atoms with E-state index < -0.39 is 0 Å². The van der Waals surface area contributed by atoms with E-state index in [0.717, 1.165) is 24.8 Å². The summed E-state index contributed by atoms with van der Waals surface area (Å²) in [6.07, 6.45) is 2.54. The molecule has 0 spiro atoms. The summed E-state index contributed by atoms with van der Waals surface area (Å²) in [5.41, 5.74) is 1.30. The molecule has 25 heavy (non-hydrogen) atoms. The summed E-state index contributed by atoms with van der Waals surface area (Å²) in [4.78, 5) is 14.4. The zero-order chi connectivity index (χ0) is 17.2. The number of carbonyl (C=O) groups is 1. The van der Waals surface area contributed by atoms with Crippen LogP contribution in [0.25, 0.3) is 11.5 Å². The van der Waals surface area contributed by atoms with E-state index in [9.17, 15) is 4.79 Å². The highest BCUT2D eigenvalue weighted by atomic mass is 32.1. The van der Waals surface area contributed by atoms with Crippen LogP contribution in [0.1, 0.15) is 47.8 Å². The van der Waals surface area contributed by atoms with Crippen molar-refractivity contribution in [3.05, 3.63) is 40.2 Å². The van der Waals surface area contributed by atoms with E-state index in [4.69, 9.17) is 8.94 Å². The number of thiophene rings is 1. The lowest BCUT2D eigenvalue weighted by Gasteiger charge is -2.30. The third kappa shape index (κ3) is 3.21. The van der Waals surface area contributed by atoms with Crippen LogP contribution in [0, 0.1) is 0 Å². The van der Waals surface area contributed by atoms with Crippen molar-refractivity contribution in [2.45, 2.75) is 32.1 Å². The van der Waals surface area contributed by atoms with Gasteiger partial charge in [-0.2, -0.15) is 11.3 Å². The maximum absolute atomic E-state index is 12.6. The first-order valence-electron chi connectivity index (χ1n) is 8.35. The fourth-order valence-electron chi connectivity index (χ4n) is 3.01. The molecule has 1 fully saturated rings. The van der Waals surface area contributed by atoms with Gasteiger partial charge in [0.2, 0.25) is 11.8 Å². The van der Waals surface area contributed by atoms with Gasteiger partial charge < -0.3 is 13.8 Å². The average molecular weight is 358 g/mol. The van der Waals surface area contributed by atoms with E-state index in [0.29, 0.717) is 36.3 Å². The monoisotopic (exact) mass is 358 g/mol. The molecule has 1 atom stereocenters. The summed E-state index contributed by atoms with van der Waals surface area (Å²) < 4.78 is 11.0. The van der Waals surface area contributed by atoms with Crippen molar-refractivity contribution in [1.82, 2.24) is 20.3 Å². The van der Waals surface area contributed by atoms with Gasteiger partial charge in [0.25, 0.3) is 5.91 Å². The van der Waals surface area contributed by atoms with Crippen LogP contribution >= 0.6 is 11.3 Å². The smallest absolute Gasteiger partial charge is 0.276 e. The first kappa shape index (κ1) is 16.0. The van der Waals surface area contributed by atoms with Crippen molar-refractivity contribution < 1.29 is 13.7 Å². The van der Waals surface area contributed by atoms with Crippen molar-refractivity contribution in [3.8, 4) is 11.5 Å². The lowest BCUT2D eigenvalue weighted by molar-refractivity contribution is 0.0688. The number of nitrogens with zero attached hydrogens (tertiary/aromatic N) is 4. The average Bonchev–Trinajstić information content (AvgIpc) is 3.41. The molecule has 0 saturated carbocycles. The molecule has 130 valence electrons. The predicted molar refractivity (Wildman–Crippen MR) is 91.4 cm³/mol. The standard InChI is InChI=1S/C17H18N4O3S/c1-2-13-8-14(20-24-13)17(22)21-6-3-4-11(9-21)15-18-19-16(23-15)12-5-7-25-10-12/h5,7-8,10-11H,2-4,6,9H2,1H3/t11-/m0/s1. The Balaban J connectivity index is 1.48. The van der Waals surface area contributed by atoms with Gasteiger partial charge in [-0.25, -0.2) is 0 Å². The predicted octanol–water partition coefficient (Wildman–Crippen LogP) is 3.37. The minimum absolute atomic E-state index is 0.0510. The second kappa shape index (κ2) is 6.79. The third-order valence-corrected chi connectivity index (χ3v) is 5.08. The molecule has 4 rings (SSSR count). The Morgan fingerprint density at radius 2 is 2.36 bits per heavy atom. The number of rotatable bonds is 4. The van der Waals surface area contributed by atoms with Gasteiger partial charge >= 0.3 is 0 Å². The van der Waals surface area contributed by atoms with Gasteiger partial charge in [0.1, 0.15) is 5.76 Å². The van der Waals surface area contributed by atoms with Gasteiger partial charge in [0.05, 0.1) is 5.92 Å². The lowest BCUT2D eigenvalue weighted by Crippen LogP contribution is -2.39. The highest BCUT2D eigenvalue weighted by molar-refractivity contribution is 7.08. The van der Waals surface area contributed by atoms with Crippen LogP contribution in [0.3, 0.4) is 0 Å². The van der Waals surface area contributed by atoms with Crippen LogP contribution < -0.4 is 0 Å². The Kier molecular flexibility index (Phi) is 4.35. The molecule has 0 unspecified atom stereocenters. The van der Waals surface area contributed by atoms with Crippen molar-refractivity contribution in [3.63, 3.8) is 0 Å². The number of carbonyl (C=O) groups excluding carboxylic acids is 1. The Morgan fingerprint density at radius 3 is 3.12 bits per heavy atom. The SMILES string of the molecule is CCc1cc(C(=O)N2CCC[C@H](c3nnc(-c4ccsc4)o3)C2)no1. The summed E-state index contributed by atoms with van der Waals surface area (Å²) in [6, 6.07) is 3.67. The molecule has 0 N–H and O–H groups in total. The fraction of sp³-hybridized carbons (Fsp3) is 0.412. The third-order valence-electron chi connectivity index (χ3n) is 4.39. The number of piperidine rings is 1. The minimum Gasteiger partial charge on any atom is -0.420 e. The molecular formula is C17H18N4O3S. The Labute approximate surface area is 148 Å². The number of hydrogen-bond acceptors (Lipinski definition) is 7. The van der Waals surface area contributed by atoms with Gasteiger partial charge in [-0.1, -0.05) is 12.1 Å². The van der Waals surface area contributed by atoms with Crippen molar-refractivity contribution in [1.29, 1.82) is 0 Å². The Bertz CT molecular complexity index is 855. The van der Waals surface area contributed by atoms with E-state index in [-0.39, 0.29) is 11.8 Å². The maximum Gasteiger partial charge on any atom is 0.276 e. The quantitative estimate of drug-likeness (QED) is 0.711. The van der Waals surface area contributed by atoms with Gasteiger partial charge in [-0.05, 0) is 24.3 Å². The normalized spacial score (nSPS) is 17.8. The number of aromatic nitrogens is 3. The fourth-order valence-corrected chi connectivity index (χ4v) is 3.64. The Hall–Kier alpha value is -2.48. The largest absolute Gasteiger partial charge is 0.420 e. The maximum atomic E-state index is 12.6. The molecule has 4 heterocycles. The molecule has 0 bridgehead atoms. The summed E-state index contributed by atoms with van der Waals surface area (Å²) >= 11 is 1.59. The molecule has 1 amide bonds. The number of amides is 1. The van der Waals surface area contributed by atoms with Crippen molar-refractivity contribution in [2.24, 2.45) is 0 Å². The molecule has 0 aliphatic carbocycles. The Morgan fingerprint density at radius 1 is 1.44 bits per heavy atom. The highest BCUT2D eigenvalue weighted by Crippen LogP contribution is 2.29. The van der Waals surface area contributed by atoms with Crippen molar-refractivity contribution in [2.75, 3.05) is 13.1 Å². The molecule has 0 aromatic carbocycles. The van der Waals surface area contributed by atoms with Crippen LogP contribution in [0.15, 0.2) is 31.8 Å². The highest BCUT2D eigenvalue weighted by Gasteiger charge is 2.30. The van der Waals surface area contributed by atoms with Crippen LogP contribution in [0.2, 0.25) is 0 Å². The summed E-state index contributed by atoms with van der Waals surface area (Å²) in [5.74, 6) is 1.78. The summed E-state index contributed by atoms with van der Waals surface area (Å²) in [7, 11) is 0. The number of aryl methyl sites for hydroxylation is 1. The number of hydrogen-bond donors (Lipinski definition) is 0. The van der Waals surface area contributed by atoms with Gasteiger partial charge in [0, 0.05) is 36.5 Å². The minimum atomic E-state index is -0.106. The van der Waals surface area contributed by atoms with Crippen LogP contribution in [-0.2, 0) is 6.42 Å². The second-order valence-electron chi connectivity index (χ2n) is 6.08. The molecule has 1 saturated heterocycles. The summed E-state index contributed by atoms with van der Waals surface area (Å²) in [6.45, 7) is 3.22. The zero-order valence-electron chi connectivity index (χ0n) is 13.8. The first-order valence-corrected chi connectivity index (χ1v) is 9.29. The molecule has 8 heteroatoms. The van der Waals surface area contributed by atoms with Crippen LogP contribution in [0.5, 0.6) is 0 Å². The van der Waals surface area contributed by atoms with Gasteiger partial charge in [-0.3, -0.25) is 4.79 Å². The zero-order valence-corrected chi connectivity index (χ0v) is 14.7. The van der Waals surface area contributed by atoms with E-state index >= 15 is 0 Å². The summed E-state index contributed by atoms with van der Waals surface area (Å²) in [5, 5.41) is 16.2. The van der Waals surface area contributed by atoms with E-state index in [1.165, 1.54) is 0 Å². The molecule has 1 aliphatic heterocycles. The molecule has 1 aliphatic rings. The molecule has 0 radical (unpaired) electrons. The van der Waals surface area contributed by atoms with E-state index in [2.05, 4.69) is 15.4 Å². The topological polar surface area (TPSA) is 85.3 Å². The number of likely N-dealkylation sites (tertiary alicyclic amines) is 1. The van der Waals surface area contributed by atoms with Gasteiger partial charge in [0.15, 0.2) is 5.69 Å². The molecule has 3 aromatic heterocycles. The van der Waals surface area contributed by atoms with Crippen LogP contribution in [0.4, 0.5) is 0 Å². The second-order valence-corrected chi connectivity index (χ2v) is 6.86. The first-order chi connectivity index (χ1) is 12.2.